The number of rotatable bonds is 4. The summed E-state index contributed by atoms with van der Waals surface area (Å²) in [5.41, 5.74) is 0.866. The summed E-state index contributed by atoms with van der Waals surface area (Å²) >= 11 is 1.52. The third-order valence-corrected chi connectivity index (χ3v) is 6.64. The molecule has 2 heterocycles. The van der Waals surface area contributed by atoms with Crippen molar-refractivity contribution >= 4 is 21.4 Å². The number of thiophene rings is 1. The van der Waals surface area contributed by atoms with Crippen molar-refractivity contribution in [2.24, 2.45) is 5.92 Å². The van der Waals surface area contributed by atoms with Gasteiger partial charge in [-0.3, -0.25) is 0 Å². The Labute approximate surface area is 113 Å². The van der Waals surface area contributed by atoms with Gasteiger partial charge in [0.2, 0.25) is 10.0 Å². The Balaban J connectivity index is 2.38. The zero-order valence-electron chi connectivity index (χ0n) is 11.1. The summed E-state index contributed by atoms with van der Waals surface area (Å²) in [7, 11) is -1.47. The molecule has 1 unspecified atom stereocenters. The first-order chi connectivity index (χ1) is 8.46. The normalized spacial score (nSPS) is 21.6. The van der Waals surface area contributed by atoms with Crippen LogP contribution in [0.5, 0.6) is 0 Å². The predicted molar refractivity (Wildman–Crippen MR) is 74.4 cm³/mol. The fourth-order valence-electron chi connectivity index (χ4n) is 2.36. The molecule has 6 heteroatoms. The van der Waals surface area contributed by atoms with Gasteiger partial charge in [-0.05, 0) is 37.3 Å². The molecule has 0 bridgehead atoms. The first-order valence-corrected chi connectivity index (χ1v) is 8.50. The van der Waals surface area contributed by atoms with Crippen molar-refractivity contribution in [3.05, 3.63) is 15.8 Å². The fraction of sp³-hybridized carbons (Fsp3) is 0.667. The van der Waals surface area contributed by atoms with Gasteiger partial charge in [0.05, 0.1) is 0 Å². The van der Waals surface area contributed by atoms with Crippen molar-refractivity contribution in [3.63, 3.8) is 0 Å². The van der Waals surface area contributed by atoms with E-state index in [1.165, 1.54) is 11.3 Å². The minimum Gasteiger partial charge on any atom is -0.315 e. The van der Waals surface area contributed by atoms with Crippen LogP contribution in [0, 0.1) is 12.8 Å². The van der Waals surface area contributed by atoms with Gasteiger partial charge in [-0.1, -0.05) is 6.92 Å². The Kier molecular flexibility index (Phi) is 4.11. The molecule has 1 saturated heterocycles. The molecule has 1 aromatic rings. The van der Waals surface area contributed by atoms with Crippen LogP contribution >= 0.6 is 11.3 Å². The first kappa shape index (κ1) is 14.0. The average Bonchev–Trinajstić information content (AvgIpc) is 2.87. The van der Waals surface area contributed by atoms with Crippen LogP contribution in [0.25, 0.3) is 0 Å². The number of hydrogen-bond acceptors (Lipinski definition) is 4. The molecule has 1 atom stereocenters. The second kappa shape index (κ2) is 5.28. The summed E-state index contributed by atoms with van der Waals surface area (Å²) in [6, 6.07) is 0. The summed E-state index contributed by atoms with van der Waals surface area (Å²) < 4.78 is 27.0. The summed E-state index contributed by atoms with van der Waals surface area (Å²) in [5.74, 6) is 0.464. The molecule has 1 aromatic heterocycles. The summed E-state index contributed by atoms with van der Waals surface area (Å²) in [6.07, 6.45) is 0.962. The highest BCUT2D eigenvalue weighted by Gasteiger charge is 2.33. The number of aryl methyl sites for hydroxylation is 1. The van der Waals surface area contributed by atoms with Crippen LogP contribution < -0.4 is 5.32 Å². The van der Waals surface area contributed by atoms with E-state index in [1.807, 2.05) is 19.4 Å². The molecule has 0 spiro atoms. The van der Waals surface area contributed by atoms with Crippen LogP contribution in [0.4, 0.5) is 0 Å². The molecular weight excluding hydrogens is 268 g/mol. The van der Waals surface area contributed by atoms with Crippen molar-refractivity contribution in [1.82, 2.24) is 9.62 Å². The molecule has 1 aliphatic rings. The molecule has 0 saturated carbocycles. The highest BCUT2D eigenvalue weighted by molar-refractivity contribution is 7.89. The third kappa shape index (κ3) is 2.47. The number of nitrogens with zero attached hydrogens (tertiary/aromatic N) is 1. The van der Waals surface area contributed by atoms with E-state index >= 15 is 0 Å². The van der Waals surface area contributed by atoms with Gasteiger partial charge in [0.15, 0.2) is 0 Å². The second-order valence-corrected chi connectivity index (χ2v) is 7.80. The number of sulfonamides is 1. The van der Waals surface area contributed by atoms with Gasteiger partial charge in [-0.25, -0.2) is 8.42 Å². The molecule has 1 N–H and O–H groups in total. The molecule has 1 aliphatic heterocycles. The molecule has 18 heavy (non-hydrogen) atoms. The largest absolute Gasteiger partial charge is 0.315 e. The first-order valence-electron chi connectivity index (χ1n) is 6.18. The van der Waals surface area contributed by atoms with Gasteiger partial charge in [0, 0.05) is 24.5 Å². The summed E-state index contributed by atoms with van der Waals surface area (Å²) in [5, 5.41) is 4.97. The maximum Gasteiger partial charge on any atom is 0.244 e. The van der Waals surface area contributed by atoms with Gasteiger partial charge in [-0.2, -0.15) is 4.31 Å². The van der Waals surface area contributed by atoms with Crippen LogP contribution in [0.2, 0.25) is 0 Å². The third-order valence-electron chi connectivity index (χ3n) is 3.31. The zero-order valence-corrected chi connectivity index (χ0v) is 12.7. The van der Waals surface area contributed by atoms with Gasteiger partial charge in [-0.15, -0.1) is 11.3 Å². The van der Waals surface area contributed by atoms with E-state index in [9.17, 15) is 8.42 Å². The monoisotopic (exact) mass is 288 g/mol. The topological polar surface area (TPSA) is 49.4 Å². The van der Waals surface area contributed by atoms with E-state index in [4.69, 9.17) is 0 Å². The van der Waals surface area contributed by atoms with Crippen molar-refractivity contribution in [2.75, 3.05) is 20.1 Å². The van der Waals surface area contributed by atoms with Gasteiger partial charge in [0.1, 0.15) is 4.90 Å². The average molecular weight is 288 g/mol. The standard InChI is InChI=1S/C12H20N2O2S2/c1-9-4-5-14(7-9)18(15,16)12-10(2)8-17-11(12)6-13-3/h8-9,13H,4-7H2,1-3H3. The van der Waals surface area contributed by atoms with E-state index < -0.39 is 10.0 Å². The van der Waals surface area contributed by atoms with Crippen molar-refractivity contribution < 1.29 is 8.42 Å². The van der Waals surface area contributed by atoms with Crippen LogP contribution in [-0.2, 0) is 16.6 Å². The van der Waals surface area contributed by atoms with Crippen LogP contribution in [0.1, 0.15) is 23.8 Å². The Hall–Kier alpha value is -0.430. The SMILES string of the molecule is CNCc1scc(C)c1S(=O)(=O)N1CCC(C)C1. The Morgan fingerprint density at radius 1 is 1.56 bits per heavy atom. The van der Waals surface area contributed by atoms with Crippen molar-refractivity contribution in [1.29, 1.82) is 0 Å². The lowest BCUT2D eigenvalue weighted by Gasteiger charge is -2.17. The smallest absolute Gasteiger partial charge is 0.244 e. The molecule has 0 aliphatic carbocycles. The molecule has 102 valence electrons. The maximum atomic E-state index is 12.7. The second-order valence-electron chi connectivity index (χ2n) is 4.96. The van der Waals surface area contributed by atoms with Gasteiger partial charge >= 0.3 is 0 Å². The lowest BCUT2D eigenvalue weighted by Crippen LogP contribution is -2.29. The molecule has 2 rings (SSSR count). The van der Waals surface area contributed by atoms with E-state index in [0.717, 1.165) is 16.9 Å². The Bertz CT molecular complexity index is 522. The Morgan fingerprint density at radius 2 is 2.28 bits per heavy atom. The maximum absolute atomic E-state index is 12.7. The lowest BCUT2D eigenvalue weighted by molar-refractivity contribution is 0.463. The number of hydrogen-bond donors (Lipinski definition) is 1. The molecule has 0 amide bonds. The predicted octanol–water partition coefficient (Wildman–Crippen LogP) is 1.81. The highest BCUT2D eigenvalue weighted by atomic mass is 32.2. The molecule has 4 nitrogen and oxygen atoms in total. The highest BCUT2D eigenvalue weighted by Crippen LogP contribution is 2.32. The minimum atomic E-state index is -3.31. The Morgan fingerprint density at radius 3 is 2.83 bits per heavy atom. The van der Waals surface area contributed by atoms with E-state index in [0.29, 0.717) is 30.4 Å². The van der Waals surface area contributed by atoms with Crippen LogP contribution in [0.3, 0.4) is 0 Å². The lowest BCUT2D eigenvalue weighted by atomic mass is 10.2. The van der Waals surface area contributed by atoms with E-state index in [2.05, 4.69) is 12.2 Å². The minimum absolute atomic E-state index is 0.464. The molecular formula is C12H20N2O2S2. The fourth-order valence-corrected chi connectivity index (χ4v) is 5.71. The zero-order chi connectivity index (χ0) is 13.3. The van der Waals surface area contributed by atoms with E-state index in [-0.39, 0.29) is 0 Å². The van der Waals surface area contributed by atoms with Crippen molar-refractivity contribution in [2.45, 2.75) is 31.7 Å². The van der Waals surface area contributed by atoms with Gasteiger partial charge < -0.3 is 5.32 Å². The van der Waals surface area contributed by atoms with Gasteiger partial charge in [0.25, 0.3) is 0 Å². The summed E-state index contributed by atoms with van der Waals surface area (Å²) in [4.78, 5) is 1.44. The summed E-state index contributed by atoms with van der Waals surface area (Å²) in [6.45, 7) is 5.89. The van der Waals surface area contributed by atoms with Crippen LogP contribution in [-0.4, -0.2) is 32.9 Å². The molecule has 0 aromatic carbocycles. The van der Waals surface area contributed by atoms with E-state index in [1.54, 1.807) is 4.31 Å². The number of nitrogens with one attached hydrogen (secondary N) is 1. The quantitative estimate of drug-likeness (QED) is 0.919. The molecule has 1 fully saturated rings. The van der Waals surface area contributed by atoms with Crippen LogP contribution in [0.15, 0.2) is 10.3 Å². The molecule has 0 radical (unpaired) electrons. The van der Waals surface area contributed by atoms with Crippen molar-refractivity contribution in [3.8, 4) is 0 Å².